The van der Waals surface area contributed by atoms with E-state index >= 15 is 0 Å². The molecule has 0 amide bonds. The van der Waals surface area contributed by atoms with Crippen LogP contribution >= 0.6 is 11.3 Å². The van der Waals surface area contributed by atoms with Crippen molar-refractivity contribution in [1.82, 2.24) is 4.31 Å². The van der Waals surface area contributed by atoms with E-state index in [0.29, 0.717) is 29.7 Å². The van der Waals surface area contributed by atoms with Crippen LogP contribution in [-0.4, -0.2) is 25.4 Å². The van der Waals surface area contributed by atoms with Gasteiger partial charge in [-0.05, 0) is 65.4 Å². The number of hydrogen-bond donors (Lipinski definition) is 0. The van der Waals surface area contributed by atoms with Gasteiger partial charge in [-0.2, -0.15) is 15.6 Å². The van der Waals surface area contributed by atoms with Crippen LogP contribution in [0.2, 0.25) is 0 Å². The Bertz CT molecular complexity index is 748. The van der Waals surface area contributed by atoms with Crippen LogP contribution in [0.15, 0.2) is 46.0 Å². The minimum atomic E-state index is -3.48. The van der Waals surface area contributed by atoms with Crippen LogP contribution in [0.1, 0.15) is 32.3 Å². The van der Waals surface area contributed by atoms with Crippen LogP contribution in [0.4, 0.5) is 0 Å². The third kappa shape index (κ3) is 4.18. The Balaban J connectivity index is 1.77. The van der Waals surface area contributed by atoms with Gasteiger partial charge in [-0.15, -0.1) is 0 Å². The van der Waals surface area contributed by atoms with Crippen molar-refractivity contribution in [2.24, 2.45) is 5.92 Å². The predicted octanol–water partition coefficient (Wildman–Crippen LogP) is 4.14. The third-order valence-electron chi connectivity index (χ3n) is 3.89. The Morgan fingerprint density at radius 2 is 1.92 bits per heavy atom. The fourth-order valence-corrected chi connectivity index (χ4v) is 4.77. The molecular weight excluding hydrogens is 342 g/mol. The normalized spacial score (nSPS) is 15.2. The molecule has 1 saturated carbocycles. The molecule has 1 aliphatic carbocycles. The first kappa shape index (κ1) is 17.5. The number of sulfonamides is 1. The van der Waals surface area contributed by atoms with E-state index in [2.05, 4.69) is 13.8 Å². The maximum absolute atomic E-state index is 13.0. The van der Waals surface area contributed by atoms with Crippen molar-refractivity contribution >= 4 is 21.4 Å². The van der Waals surface area contributed by atoms with Crippen LogP contribution in [0.5, 0.6) is 5.75 Å². The Labute approximate surface area is 148 Å². The van der Waals surface area contributed by atoms with Crippen LogP contribution in [0, 0.1) is 5.92 Å². The molecule has 0 atom stereocenters. The van der Waals surface area contributed by atoms with Crippen LogP contribution < -0.4 is 4.74 Å². The summed E-state index contributed by atoms with van der Waals surface area (Å²) in [7, 11) is -3.48. The molecule has 2 aromatic rings. The van der Waals surface area contributed by atoms with Crippen molar-refractivity contribution in [2.45, 2.75) is 44.2 Å². The second-order valence-electron chi connectivity index (χ2n) is 6.59. The predicted molar refractivity (Wildman–Crippen MR) is 96.8 cm³/mol. The first-order valence-corrected chi connectivity index (χ1v) is 10.6. The molecule has 0 spiro atoms. The van der Waals surface area contributed by atoms with E-state index in [4.69, 9.17) is 4.74 Å². The quantitative estimate of drug-likeness (QED) is 0.706. The third-order valence-corrected chi connectivity index (χ3v) is 6.53. The lowest BCUT2D eigenvalue weighted by Crippen LogP contribution is -2.32. The van der Waals surface area contributed by atoms with Gasteiger partial charge >= 0.3 is 0 Å². The van der Waals surface area contributed by atoms with Crippen molar-refractivity contribution in [2.75, 3.05) is 6.61 Å². The van der Waals surface area contributed by atoms with E-state index < -0.39 is 10.0 Å². The topological polar surface area (TPSA) is 46.6 Å². The second kappa shape index (κ2) is 7.25. The summed E-state index contributed by atoms with van der Waals surface area (Å²) in [5.74, 6) is 1.14. The Morgan fingerprint density at radius 3 is 2.46 bits per heavy atom. The number of benzene rings is 1. The first-order valence-electron chi connectivity index (χ1n) is 8.22. The molecule has 0 unspecified atom stereocenters. The fraction of sp³-hybridized carbons (Fsp3) is 0.444. The molecule has 1 fully saturated rings. The van der Waals surface area contributed by atoms with Crippen molar-refractivity contribution in [1.29, 1.82) is 0 Å². The van der Waals surface area contributed by atoms with Gasteiger partial charge in [0.25, 0.3) is 0 Å². The number of nitrogens with zero attached hydrogens (tertiary/aromatic N) is 1. The van der Waals surface area contributed by atoms with Crippen molar-refractivity contribution in [3.63, 3.8) is 0 Å². The monoisotopic (exact) mass is 365 g/mol. The van der Waals surface area contributed by atoms with Gasteiger partial charge < -0.3 is 4.74 Å². The second-order valence-corrected chi connectivity index (χ2v) is 9.26. The van der Waals surface area contributed by atoms with Gasteiger partial charge in [0.05, 0.1) is 11.5 Å². The molecule has 0 aliphatic heterocycles. The van der Waals surface area contributed by atoms with E-state index in [0.717, 1.165) is 18.4 Å². The highest BCUT2D eigenvalue weighted by atomic mass is 32.2. The molecule has 3 rings (SSSR count). The summed E-state index contributed by atoms with van der Waals surface area (Å²) in [4.78, 5) is 0.335. The van der Waals surface area contributed by atoms with Crippen LogP contribution in [0.3, 0.4) is 0 Å². The molecule has 1 aromatic heterocycles. The highest BCUT2D eigenvalue weighted by molar-refractivity contribution is 7.89. The molecule has 0 radical (unpaired) electrons. The van der Waals surface area contributed by atoms with Crippen molar-refractivity contribution in [3.05, 3.63) is 46.7 Å². The zero-order valence-corrected chi connectivity index (χ0v) is 15.6. The molecule has 0 N–H and O–H groups in total. The Hall–Kier alpha value is -1.37. The van der Waals surface area contributed by atoms with Gasteiger partial charge in [0, 0.05) is 12.6 Å². The zero-order chi connectivity index (χ0) is 17.2. The maximum Gasteiger partial charge on any atom is 0.243 e. The van der Waals surface area contributed by atoms with Gasteiger partial charge in [-0.3, -0.25) is 0 Å². The lowest BCUT2D eigenvalue weighted by Gasteiger charge is -2.21. The smallest absolute Gasteiger partial charge is 0.243 e. The van der Waals surface area contributed by atoms with E-state index in [1.165, 1.54) is 0 Å². The van der Waals surface area contributed by atoms with Crippen molar-refractivity contribution in [3.8, 4) is 5.75 Å². The summed E-state index contributed by atoms with van der Waals surface area (Å²) >= 11 is 1.59. The molecule has 130 valence electrons. The standard InChI is InChI=1S/C18H23NO3S2/c1-14(2)12-22-17-5-7-18(8-6-17)24(20,21)19(16-3-4-16)11-15-9-10-23-13-15/h5-10,13-14,16H,3-4,11-12H2,1-2H3. The first-order chi connectivity index (χ1) is 11.5. The molecule has 24 heavy (non-hydrogen) atoms. The number of rotatable bonds is 8. The molecule has 0 saturated heterocycles. The van der Waals surface area contributed by atoms with Crippen molar-refractivity contribution < 1.29 is 13.2 Å². The average molecular weight is 366 g/mol. The molecule has 1 aromatic carbocycles. The Kier molecular flexibility index (Phi) is 5.27. The minimum Gasteiger partial charge on any atom is -0.493 e. The zero-order valence-electron chi connectivity index (χ0n) is 14.0. The molecule has 0 bridgehead atoms. The van der Waals surface area contributed by atoms with E-state index in [-0.39, 0.29) is 6.04 Å². The Morgan fingerprint density at radius 1 is 1.21 bits per heavy atom. The minimum absolute atomic E-state index is 0.131. The van der Waals surface area contributed by atoms with E-state index in [9.17, 15) is 8.42 Å². The summed E-state index contributed by atoms with van der Waals surface area (Å²) in [5, 5.41) is 3.99. The number of thiophene rings is 1. The SMILES string of the molecule is CC(C)COc1ccc(S(=O)(=O)N(Cc2ccsc2)C2CC2)cc1. The van der Waals surface area contributed by atoms with Gasteiger partial charge in [0.1, 0.15) is 5.75 Å². The van der Waals surface area contributed by atoms with E-state index in [1.807, 2.05) is 16.8 Å². The number of hydrogen-bond acceptors (Lipinski definition) is 4. The molecule has 6 heteroatoms. The van der Waals surface area contributed by atoms with Gasteiger partial charge in [-0.25, -0.2) is 8.42 Å². The van der Waals surface area contributed by atoms with Gasteiger partial charge in [0.2, 0.25) is 10.0 Å². The summed E-state index contributed by atoms with van der Waals surface area (Å²) < 4.78 is 33.3. The highest BCUT2D eigenvalue weighted by Crippen LogP contribution is 2.34. The van der Waals surface area contributed by atoms with Crippen LogP contribution in [-0.2, 0) is 16.6 Å². The largest absolute Gasteiger partial charge is 0.493 e. The summed E-state index contributed by atoms with van der Waals surface area (Å²) in [6, 6.07) is 8.89. The van der Waals surface area contributed by atoms with Gasteiger partial charge in [0.15, 0.2) is 0 Å². The number of ether oxygens (including phenoxy) is 1. The van der Waals surface area contributed by atoms with E-state index in [1.54, 1.807) is 39.9 Å². The summed E-state index contributed by atoms with van der Waals surface area (Å²) in [6.45, 7) is 5.23. The van der Waals surface area contributed by atoms with Crippen LogP contribution in [0.25, 0.3) is 0 Å². The highest BCUT2D eigenvalue weighted by Gasteiger charge is 2.38. The molecule has 4 nitrogen and oxygen atoms in total. The molecule has 1 heterocycles. The summed E-state index contributed by atoms with van der Waals surface area (Å²) in [5.41, 5.74) is 1.05. The average Bonchev–Trinajstić information content (AvgIpc) is 3.26. The molecular formula is C18H23NO3S2. The maximum atomic E-state index is 13.0. The fourth-order valence-electron chi connectivity index (χ4n) is 2.44. The summed E-state index contributed by atoms with van der Waals surface area (Å²) in [6.07, 6.45) is 1.89. The lowest BCUT2D eigenvalue weighted by atomic mass is 10.2. The van der Waals surface area contributed by atoms with Gasteiger partial charge in [-0.1, -0.05) is 13.8 Å². The lowest BCUT2D eigenvalue weighted by molar-refractivity contribution is 0.271. The molecule has 1 aliphatic rings.